The number of hydrogen-bond donors (Lipinski definition) is 3. The van der Waals surface area contributed by atoms with Crippen LogP contribution in [0.25, 0.3) is 0 Å². The summed E-state index contributed by atoms with van der Waals surface area (Å²) in [7, 11) is 1.34. The molecule has 94 valence electrons. The van der Waals surface area contributed by atoms with Crippen LogP contribution in [0, 0.1) is 0 Å². The Balaban J connectivity index is 2.25. The molecule has 0 aromatic carbocycles. The van der Waals surface area contributed by atoms with Crippen LogP contribution in [-0.4, -0.2) is 30.5 Å². The van der Waals surface area contributed by atoms with E-state index in [0.29, 0.717) is 31.6 Å². The maximum atomic E-state index is 11.2. The molecule has 0 saturated heterocycles. The molecule has 1 aromatic rings. The molecule has 0 aliphatic heterocycles. The zero-order valence-electron chi connectivity index (χ0n) is 9.79. The lowest BCUT2D eigenvalue weighted by atomic mass is 10.3. The standard InChI is InChI=1S/C11H17N3O3/c1-17-11(16)9-5-4-8(14-9)7-13-6-2-3-10(12)15/h4-5,13-14H,2-3,6-7H2,1H3,(H2,12,15). The number of esters is 1. The number of amides is 1. The van der Waals surface area contributed by atoms with Crippen molar-refractivity contribution in [3.05, 3.63) is 23.5 Å². The maximum Gasteiger partial charge on any atom is 0.354 e. The summed E-state index contributed by atoms with van der Waals surface area (Å²) in [5, 5.41) is 3.14. The number of carbonyl (C=O) groups is 2. The quantitative estimate of drug-likeness (QED) is 0.466. The van der Waals surface area contributed by atoms with Crippen molar-refractivity contribution in [2.24, 2.45) is 5.73 Å². The Morgan fingerprint density at radius 3 is 2.88 bits per heavy atom. The number of aromatic amines is 1. The van der Waals surface area contributed by atoms with Crippen LogP contribution in [0.2, 0.25) is 0 Å². The molecule has 6 nitrogen and oxygen atoms in total. The molecule has 4 N–H and O–H groups in total. The normalized spacial score (nSPS) is 10.2. The number of hydrogen-bond acceptors (Lipinski definition) is 4. The molecule has 0 fully saturated rings. The predicted molar refractivity (Wildman–Crippen MR) is 62.3 cm³/mol. The first kappa shape index (κ1) is 13.2. The smallest absolute Gasteiger partial charge is 0.354 e. The molecule has 0 spiro atoms. The van der Waals surface area contributed by atoms with Gasteiger partial charge in [-0.15, -0.1) is 0 Å². The minimum atomic E-state index is -0.384. The van der Waals surface area contributed by atoms with Crippen LogP contribution in [-0.2, 0) is 16.1 Å². The minimum Gasteiger partial charge on any atom is -0.464 e. The van der Waals surface area contributed by atoms with E-state index in [4.69, 9.17) is 5.73 Å². The number of aromatic nitrogens is 1. The highest BCUT2D eigenvalue weighted by Crippen LogP contribution is 2.03. The Hall–Kier alpha value is -1.82. The molecule has 6 heteroatoms. The van der Waals surface area contributed by atoms with Crippen molar-refractivity contribution in [2.45, 2.75) is 19.4 Å². The Bertz CT molecular complexity index is 387. The fraction of sp³-hybridized carbons (Fsp3) is 0.455. The fourth-order valence-corrected chi connectivity index (χ4v) is 1.38. The molecular weight excluding hydrogens is 222 g/mol. The van der Waals surface area contributed by atoms with E-state index in [-0.39, 0.29) is 11.9 Å². The number of carbonyl (C=O) groups excluding carboxylic acids is 2. The Kier molecular flexibility index (Phi) is 5.22. The van der Waals surface area contributed by atoms with E-state index >= 15 is 0 Å². The third-order valence-corrected chi connectivity index (χ3v) is 2.24. The van der Waals surface area contributed by atoms with Gasteiger partial charge >= 0.3 is 5.97 Å². The van der Waals surface area contributed by atoms with Gasteiger partial charge in [0.05, 0.1) is 7.11 Å². The van der Waals surface area contributed by atoms with E-state index in [9.17, 15) is 9.59 Å². The number of methoxy groups -OCH3 is 1. The molecule has 1 aromatic heterocycles. The van der Waals surface area contributed by atoms with Gasteiger partial charge in [0.15, 0.2) is 0 Å². The summed E-state index contributed by atoms with van der Waals surface area (Å²) in [5.41, 5.74) is 6.34. The molecule has 0 unspecified atom stereocenters. The van der Waals surface area contributed by atoms with Crippen molar-refractivity contribution >= 4 is 11.9 Å². The van der Waals surface area contributed by atoms with E-state index in [1.54, 1.807) is 6.07 Å². The number of ether oxygens (including phenoxy) is 1. The van der Waals surface area contributed by atoms with E-state index < -0.39 is 0 Å². The first-order chi connectivity index (χ1) is 8.13. The van der Waals surface area contributed by atoms with Gasteiger partial charge in [-0.2, -0.15) is 0 Å². The average Bonchev–Trinajstić information content (AvgIpc) is 2.76. The van der Waals surface area contributed by atoms with Crippen molar-refractivity contribution in [3.8, 4) is 0 Å². The minimum absolute atomic E-state index is 0.292. The van der Waals surface area contributed by atoms with Gasteiger partial charge in [-0.05, 0) is 25.1 Å². The van der Waals surface area contributed by atoms with Gasteiger partial charge < -0.3 is 20.8 Å². The number of nitrogens with two attached hydrogens (primary N) is 1. The largest absolute Gasteiger partial charge is 0.464 e. The molecule has 0 radical (unpaired) electrons. The predicted octanol–water partition coefficient (Wildman–Crippen LogP) is 0.156. The SMILES string of the molecule is COC(=O)c1ccc(CNCCCC(N)=O)[nH]1. The number of nitrogens with one attached hydrogen (secondary N) is 2. The van der Waals surface area contributed by atoms with Crippen molar-refractivity contribution in [2.75, 3.05) is 13.7 Å². The topological polar surface area (TPSA) is 97.2 Å². The lowest BCUT2D eigenvalue weighted by Crippen LogP contribution is -2.18. The monoisotopic (exact) mass is 239 g/mol. The lowest BCUT2D eigenvalue weighted by molar-refractivity contribution is -0.118. The zero-order chi connectivity index (χ0) is 12.7. The fourth-order valence-electron chi connectivity index (χ4n) is 1.38. The van der Waals surface area contributed by atoms with E-state index in [1.165, 1.54) is 7.11 Å². The van der Waals surface area contributed by atoms with Crippen LogP contribution >= 0.6 is 0 Å². The van der Waals surface area contributed by atoms with Crippen LogP contribution in [0.15, 0.2) is 12.1 Å². The molecular formula is C11H17N3O3. The highest BCUT2D eigenvalue weighted by molar-refractivity contribution is 5.87. The molecule has 1 heterocycles. The van der Waals surface area contributed by atoms with Crippen molar-refractivity contribution < 1.29 is 14.3 Å². The molecule has 0 atom stereocenters. The van der Waals surface area contributed by atoms with Gasteiger partial charge in [-0.25, -0.2) is 4.79 Å². The van der Waals surface area contributed by atoms with Crippen LogP contribution in [0.3, 0.4) is 0 Å². The number of rotatable bonds is 7. The Morgan fingerprint density at radius 1 is 1.47 bits per heavy atom. The second kappa shape index (κ2) is 6.70. The van der Waals surface area contributed by atoms with Gasteiger partial charge in [0.1, 0.15) is 5.69 Å². The van der Waals surface area contributed by atoms with Gasteiger partial charge in [0.2, 0.25) is 5.91 Å². The summed E-state index contributed by atoms with van der Waals surface area (Å²) in [6.07, 6.45) is 1.09. The summed E-state index contributed by atoms with van der Waals surface area (Å²) >= 11 is 0. The summed E-state index contributed by atoms with van der Waals surface area (Å²) in [6, 6.07) is 3.49. The Labute approximate surface area is 99.5 Å². The Morgan fingerprint density at radius 2 is 2.24 bits per heavy atom. The summed E-state index contributed by atoms with van der Waals surface area (Å²) in [4.78, 5) is 24.6. The molecule has 17 heavy (non-hydrogen) atoms. The number of primary amides is 1. The lowest BCUT2D eigenvalue weighted by Gasteiger charge is -2.01. The molecule has 0 bridgehead atoms. The second-order valence-corrected chi connectivity index (χ2v) is 3.64. The highest BCUT2D eigenvalue weighted by atomic mass is 16.5. The van der Waals surface area contributed by atoms with E-state index in [1.807, 2.05) is 6.07 Å². The maximum absolute atomic E-state index is 11.2. The van der Waals surface area contributed by atoms with Gasteiger partial charge in [0.25, 0.3) is 0 Å². The summed E-state index contributed by atoms with van der Waals surface area (Å²) in [6.45, 7) is 1.31. The van der Waals surface area contributed by atoms with Gasteiger partial charge in [-0.3, -0.25) is 4.79 Å². The van der Waals surface area contributed by atoms with E-state index in [0.717, 1.165) is 5.69 Å². The summed E-state index contributed by atoms with van der Waals surface area (Å²) in [5.74, 6) is -0.676. The first-order valence-electron chi connectivity index (χ1n) is 5.38. The van der Waals surface area contributed by atoms with Crippen LogP contribution in [0.5, 0.6) is 0 Å². The van der Waals surface area contributed by atoms with Crippen LogP contribution < -0.4 is 11.1 Å². The van der Waals surface area contributed by atoms with Crippen molar-refractivity contribution in [1.29, 1.82) is 0 Å². The third-order valence-electron chi connectivity index (χ3n) is 2.24. The van der Waals surface area contributed by atoms with Crippen molar-refractivity contribution in [3.63, 3.8) is 0 Å². The molecule has 0 aliphatic rings. The van der Waals surface area contributed by atoms with Gasteiger partial charge in [-0.1, -0.05) is 0 Å². The van der Waals surface area contributed by atoms with Crippen LogP contribution in [0.1, 0.15) is 29.0 Å². The zero-order valence-corrected chi connectivity index (χ0v) is 9.79. The molecule has 1 amide bonds. The first-order valence-corrected chi connectivity index (χ1v) is 5.38. The second-order valence-electron chi connectivity index (χ2n) is 3.64. The van der Waals surface area contributed by atoms with Crippen LogP contribution in [0.4, 0.5) is 0 Å². The van der Waals surface area contributed by atoms with E-state index in [2.05, 4.69) is 15.0 Å². The summed E-state index contributed by atoms with van der Waals surface area (Å²) < 4.78 is 4.58. The number of H-pyrrole nitrogens is 1. The third kappa shape index (κ3) is 4.69. The molecule has 0 saturated carbocycles. The van der Waals surface area contributed by atoms with Crippen molar-refractivity contribution in [1.82, 2.24) is 10.3 Å². The average molecular weight is 239 g/mol. The van der Waals surface area contributed by atoms with Gasteiger partial charge in [0, 0.05) is 18.7 Å². The molecule has 0 aliphatic carbocycles. The molecule has 1 rings (SSSR count). The highest BCUT2D eigenvalue weighted by Gasteiger charge is 2.07.